The molecule has 1 atom stereocenters. The van der Waals surface area contributed by atoms with Gasteiger partial charge in [0, 0.05) is 10.6 Å². The first kappa shape index (κ1) is 16.7. The third-order valence-corrected chi connectivity index (χ3v) is 4.57. The molecule has 4 nitrogen and oxygen atoms in total. The molecule has 0 spiro atoms. The zero-order valence-electron chi connectivity index (χ0n) is 13.1. The van der Waals surface area contributed by atoms with Gasteiger partial charge < -0.3 is 11.1 Å². The molecule has 1 aliphatic heterocycles. The minimum Gasteiger partial charge on any atom is -0.368 e. The van der Waals surface area contributed by atoms with Gasteiger partial charge in [-0.1, -0.05) is 48.0 Å². The highest BCUT2D eigenvalue weighted by atomic mass is 35.5. The molecule has 1 radical (unpaired) electrons. The van der Waals surface area contributed by atoms with Gasteiger partial charge in [-0.2, -0.15) is 0 Å². The highest BCUT2D eigenvalue weighted by molar-refractivity contribution is 6.30. The highest BCUT2D eigenvalue weighted by Crippen LogP contribution is 2.30. The predicted octanol–water partition coefficient (Wildman–Crippen LogP) is 3.00. The summed E-state index contributed by atoms with van der Waals surface area (Å²) < 4.78 is 0. The molecular formula is C19H18ClN2O2. The van der Waals surface area contributed by atoms with E-state index in [1.165, 1.54) is 6.42 Å². The minimum atomic E-state index is -1.06. The van der Waals surface area contributed by atoms with E-state index in [-0.39, 0.29) is 5.78 Å². The SMILES string of the molecule is NC(=O)[C@]1([CH]C(=O)c2ccccc2-c2cccc(Cl)c2)CCCN1. The molecule has 1 fully saturated rings. The van der Waals surface area contributed by atoms with E-state index in [4.69, 9.17) is 17.3 Å². The average Bonchev–Trinajstić information content (AvgIpc) is 3.05. The summed E-state index contributed by atoms with van der Waals surface area (Å²) in [5.41, 5.74) is 6.62. The fourth-order valence-electron chi connectivity index (χ4n) is 3.08. The molecule has 123 valence electrons. The maximum Gasteiger partial charge on any atom is 0.238 e. The molecule has 0 saturated carbocycles. The number of primary amides is 1. The van der Waals surface area contributed by atoms with Crippen LogP contribution in [0.3, 0.4) is 0 Å². The second-order valence-electron chi connectivity index (χ2n) is 5.93. The second kappa shape index (κ2) is 6.75. The highest BCUT2D eigenvalue weighted by Gasteiger charge is 2.41. The molecule has 2 aromatic carbocycles. The van der Waals surface area contributed by atoms with Gasteiger partial charge in [0.15, 0.2) is 5.78 Å². The third kappa shape index (κ3) is 3.21. The fraction of sp³-hybridized carbons (Fsp3) is 0.211. The molecule has 2 aromatic rings. The number of halogens is 1. The molecule has 3 rings (SSSR count). The van der Waals surface area contributed by atoms with Crippen LogP contribution in [0.2, 0.25) is 5.02 Å². The predicted molar refractivity (Wildman–Crippen MR) is 94.7 cm³/mol. The fourth-order valence-corrected chi connectivity index (χ4v) is 3.27. The molecule has 1 aliphatic rings. The van der Waals surface area contributed by atoms with Crippen LogP contribution in [-0.4, -0.2) is 23.8 Å². The van der Waals surface area contributed by atoms with Gasteiger partial charge in [-0.05, 0) is 42.6 Å². The Labute approximate surface area is 146 Å². The van der Waals surface area contributed by atoms with Crippen LogP contribution in [0.5, 0.6) is 0 Å². The van der Waals surface area contributed by atoms with E-state index in [0.29, 0.717) is 23.6 Å². The van der Waals surface area contributed by atoms with Crippen molar-refractivity contribution in [1.82, 2.24) is 5.32 Å². The van der Waals surface area contributed by atoms with Crippen molar-refractivity contribution in [2.24, 2.45) is 5.73 Å². The van der Waals surface area contributed by atoms with E-state index in [0.717, 1.165) is 17.5 Å². The standard InChI is InChI=1S/C19H18ClN2O2/c20-14-6-3-5-13(11-14)15-7-1-2-8-16(15)17(23)12-19(18(21)24)9-4-10-22-19/h1-3,5-8,11-12,22H,4,9-10H2,(H2,21,24)/t19-/m1/s1. The van der Waals surface area contributed by atoms with Gasteiger partial charge in [-0.25, -0.2) is 0 Å². The number of hydrogen-bond acceptors (Lipinski definition) is 3. The summed E-state index contributed by atoms with van der Waals surface area (Å²) in [5, 5.41) is 3.67. The summed E-state index contributed by atoms with van der Waals surface area (Å²) >= 11 is 6.06. The number of Topliss-reactive ketones (excluding diaryl/α,β-unsaturated/α-hetero) is 1. The van der Waals surface area contributed by atoms with Gasteiger partial charge in [0.1, 0.15) is 5.54 Å². The van der Waals surface area contributed by atoms with Crippen molar-refractivity contribution in [3.63, 3.8) is 0 Å². The van der Waals surface area contributed by atoms with Crippen LogP contribution in [-0.2, 0) is 4.79 Å². The van der Waals surface area contributed by atoms with Gasteiger partial charge in [-0.15, -0.1) is 0 Å². The number of carbonyl (C=O) groups is 2. The Bertz CT molecular complexity index is 782. The summed E-state index contributed by atoms with van der Waals surface area (Å²) in [7, 11) is 0. The smallest absolute Gasteiger partial charge is 0.238 e. The second-order valence-corrected chi connectivity index (χ2v) is 6.37. The normalized spacial score (nSPS) is 20.0. The number of rotatable bonds is 5. The van der Waals surface area contributed by atoms with Crippen molar-refractivity contribution in [2.75, 3.05) is 6.54 Å². The quantitative estimate of drug-likeness (QED) is 0.821. The molecule has 0 aromatic heterocycles. The lowest BCUT2D eigenvalue weighted by Crippen LogP contribution is -2.53. The van der Waals surface area contributed by atoms with Crippen molar-refractivity contribution in [1.29, 1.82) is 0 Å². The molecule has 5 heteroatoms. The number of benzene rings is 2. The van der Waals surface area contributed by atoms with Gasteiger partial charge in [0.05, 0.1) is 6.42 Å². The topological polar surface area (TPSA) is 72.2 Å². The third-order valence-electron chi connectivity index (χ3n) is 4.33. The van der Waals surface area contributed by atoms with Gasteiger partial charge in [0.2, 0.25) is 5.91 Å². The average molecular weight is 342 g/mol. The van der Waals surface area contributed by atoms with E-state index < -0.39 is 11.4 Å². The van der Waals surface area contributed by atoms with Crippen LogP contribution >= 0.6 is 11.6 Å². The van der Waals surface area contributed by atoms with Crippen molar-refractivity contribution in [2.45, 2.75) is 18.4 Å². The lowest BCUT2D eigenvalue weighted by atomic mass is 9.86. The van der Waals surface area contributed by atoms with E-state index in [2.05, 4.69) is 5.32 Å². The molecule has 1 amide bonds. The van der Waals surface area contributed by atoms with Crippen LogP contribution in [0.15, 0.2) is 48.5 Å². The summed E-state index contributed by atoms with van der Waals surface area (Å²) in [6.07, 6.45) is 2.77. The maximum absolute atomic E-state index is 12.9. The van der Waals surface area contributed by atoms with E-state index in [1.54, 1.807) is 18.2 Å². The first-order valence-electron chi connectivity index (χ1n) is 7.82. The van der Waals surface area contributed by atoms with Crippen LogP contribution in [0.25, 0.3) is 11.1 Å². The summed E-state index contributed by atoms with van der Waals surface area (Å²) in [6, 6.07) is 14.6. The first-order valence-corrected chi connectivity index (χ1v) is 8.20. The Morgan fingerprint density at radius 3 is 2.62 bits per heavy atom. The lowest BCUT2D eigenvalue weighted by molar-refractivity contribution is -0.122. The van der Waals surface area contributed by atoms with Crippen molar-refractivity contribution in [3.8, 4) is 11.1 Å². The number of ketones is 1. The Morgan fingerprint density at radius 1 is 1.17 bits per heavy atom. The number of hydrogen-bond donors (Lipinski definition) is 2. The van der Waals surface area contributed by atoms with E-state index >= 15 is 0 Å². The number of nitrogens with two attached hydrogens (primary N) is 1. The Kier molecular flexibility index (Phi) is 4.69. The van der Waals surface area contributed by atoms with Crippen LogP contribution in [0.4, 0.5) is 0 Å². The number of amides is 1. The van der Waals surface area contributed by atoms with Gasteiger partial charge in [-0.3, -0.25) is 9.59 Å². The molecular weight excluding hydrogens is 324 g/mol. The molecule has 3 N–H and O–H groups in total. The van der Waals surface area contributed by atoms with Crippen LogP contribution < -0.4 is 11.1 Å². The van der Waals surface area contributed by atoms with Crippen molar-refractivity contribution < 1.29 is 9.59 Å². The maximum atomic E-state index is 12.9. The Morgan fingerprint density at radius 2 is 1.96 bits per heavy atom. The number of nitrogens with one attached hydrogen (secondary N) is 1. The molecule has 1 saturated heterocycles. The summed E-state index contributed by atoms with van der Waals surface area (Å²) in [6.45, 7) is 0.669. The summed E-state index contributed by atoms with van der Waals surface area (Å²) in [4.78, 5) is 24.7. The first-order chi connectivity index (χ1) is 11.5. The molecule has 1 heterocycles. The zero-order valence-corrected chi connectivity index (χ0v) is 13.8. The lowest BCUT2D eigenvalue weighted by Gasteiger charge is -2.24. The zero-order chi connectivity index (χ0) is 17.2. The molecule has 0 unspecified atom stereocenters. The molecule has 0 bridgehead atoms. The largest absolute Gasteiger partial charge is 0.368 e. The molecule has 0 aliphatic carbocycles. The van der Waals surface area contributed by atoms with Crippen LogP contribution in [0.1, 0.15) is 23.2 Å². The molecule has 24 heavy (non-hydrogen) atoms. The van der Waals surface area contributed by atoms with Crippen molar-refractivity contribution in [3.05, 3.63) is 65.5 Å². The van der Waals surface area contributed by atoms with Crippen molar-refractivity contribution >= 4 is 23.3 Å². The number of carbonyl (C=O) groups excluding carboxylic acids is 2. The Hall–Kier alpha value is -2.17. The minimum absolute atomic E-state index is 0.223. The van der Waals surface area contributed by atoms with E-state index in [9.17, 15) is 9.59 Å². The monoisotopic (exact) mass is 341 g/mol. The summed E-state index contributed by atoms with van der Waals surface area (Å²) in [5.74, 6) is -0.743. The Balaban J connectivity index is 1.95. The van der Waals surface area contributed by atoms with Gasteiger partial charge in [0.25, 0.3) is 0 Å². The van der Waals surface area contributed by atoms with E-state index in [1.807, 2.05) is 30.3 Å². The van der Waals surface area contributed by atoms with Crippen LogP contribution in [0, 0.1) is 6.42 Å². The van der Waals surface area contributed by atoms with Gasteiger partial charge >= 0.3 is 0 Å².